The molecule has 0 aromatic heterocycles. The highest BCUT2D eigenvalue weighted by molar-refractivity contribution is 5.82. The molecule has 0 aliphatic rings. The molecule has 0 saturated heterocycles. The minimum absolute atomic E-state index is 0.289. The number of aliphatic hydroxyl groups is 1. The van der Waals surface area contributed by atoms with Gasteiger partial charge < -0.3 is 16.2 Å². The van der Waals surface area contributed by atoms with Gasteiger partial charge in [-0.15, -0.1) is 0 Å². The molecule has 88 valence electrons. The first-order chi connectivity index (χ1) is 6.86. The Morgan fingerprint density at radius 2 is 2.00 bits per heavy atom. The second-order valence-corrected chi connectivity index (χ2v) is 2.97. The maximum absolute atomic E-state index is 12.2. The summed E-state index contributed by atoms with van der Waals surface area (Å²) in [5, 5.41) is 11.0. The van der Waals surface area contributed by atoms with E-state index in [0.29, 0.717) is 0 Å². The smallest absolute Gasteiger partial charge is 0.301 e. The van der Waals surface area contributed by atoms with Gasteiger partial charge in [-0.25, -0.2) is 4.39 Å². The summed E-state index contributed by atoms with van der Waals surface area (Å²) in [5.74, 6) is -2.28. The van der Waals surface area contributed by atoms with E-state index in [1.807, 2.05) is 0 Å². The van der Waals surface area contributed by atoms with Crippen molar-refractivity contribution in [2.24, 2.45) is 5.73 Å². The van der Waals surface area contributed by atoms with Gasteiger partial charge in [0.05, 0.1) is 6.10 Å². The Labute approximate surface area is 84.9 Å². The Morgan fingerprint density at radius 3 is 2.40 bits per heavy atom. The molecule has 0 saturated carbocycles. The summed E-state index contributed by atoms with van der Waals surface area (Å²) in [6.45, 7) is 1.02. The van der Waals surface area contributed by atoms with E-state index in [1.165, 1.54) is 6.92 Å². The Hall–Kier alpha value is -1.08. The maximum Gasteiger partial charge on any atom is 0.301 e. The lowest BCUT2D eigenvalue weighted by molar-refractivity contribution is -0.124. The van der Waals surface area contributed by atoms with Crippen LogP contribution in [0.3, 0.4) is 0 Å². The molecule has 0 spiro atoms. The van der Waals surface area contributed by atoms with Crippen LogP contribution >= 0.6 is 0 Å². The Balaban J connectivity index is 3.88. The fourth-order valence-electron chi connectivity index (χ4n) is 0.727. The first-order valence-corrected chi connectivity index (χ1v) is 4.27. The highest BCUT2D eigenvalue weighted by Gasteiger charge is 2.18. The van der Waals surface area contributed by atoms with Crippen molar-refractivity contribution in [3.8, 4) is 0 Å². The monoisotopic (exact) mass is 226 g/mol. The number of hydrogen-bond acceptors (Lipinski definition) is 3. The van der Waals surface area contributed by atoms with E-state index in [4.69, 9.17) is 10.8 Å². The number of carbonyl (C=O) groups excluding carboxylic acids is 1. The van der Waals surface area contributed by atoms with Crippen LogP contribution < -0.4 is 11.1 Å². The lowest BCUT2D eigenvalue weighted by Crippen LogP contribution is -2.47. The Bertz CT molecular complexity index is 252. The van der Waals surface area contributed by atoms with E-state index in [0.717, 1.165) is 0 Å². The summed E-state index contributed by atoms with van der Waals surface area (Å²) >= 11 is 0. The summed E-state index contributed by atoms with van der Waals surface area (Å²) in [4.78, 5) is 11.0. The first-order valence-electron chi connectivity index (χ1n) is 4.27. The number of halogens is 3. The number of rotatable bonds is 5. The van der Waals surface area contributed by atoms with E-state index < -0.39 is 36.4 Å². The van der Waals surface area contributed by atoms with Crippen molar-refractivity contribution in [2.45, 2.75) is 25.5 Å². The second kappa shape index (κ2) is 6.41. The maximum atomic E-state index is 12.2. The molecule has 4 N–H and O–H groups in total. The van der Waals surface area contributed by atoms with Crippen LogP contribution in [0.1, 0.15) is 13.3 Å². The molecule has 0 radical (unpaired) electrons. The second-order valence-electron chi connectivity index (χ2n) is 2.97. The molecule has 7 heteroatoms. The van der Waals surface area contributed by atoms with E-state index in [9.17, 15) is 18.0 Å². The van der Waals surface area contributed by atoms with Gasteiger partial charge in [-0.05, 0) is 6.92 Å². The van der Waals surface area contributed by atoms with Crippen LogP contribution in [0.5, 0.6) is 0 Å². The quantitative estimate of drug-likeness (QED) is 0.630. The molecule has 0 fully saturated rings. The number of carbonyl (C=O) groups is 1. The summed E-state index contributed by atoms with van der Waals surface area (Å²) in [6.07, 6.45) is -4.05. The third-order valence-electron chi connectivity index (χ3n) is 1.67. The molecule has 1 amide bonds. The molecule has 0 aliphatic carbocycles. The zero-order valence-corrected chi connectivity index (χ0v) is 8.14. The van der Waals surface area contributed by atoms with Crippen molar-refractivity contribution in [3.63, 3.8) is 0 Å². The Kier molecular flexibility index (Phi) is 5.95. The predicted molar refractivity (Wildman–Crippen MR) is 47.6 cm³/mol. The molecule has 1 unspecified atom stereocenters. The third-order valence-corrected chi connectivity index (χ3v) is 1.67. The first kappa shape index (κ1) is 13.9. The van der Waals surface area contributed by atoms with Crippen LogP contribution in [-0.2, 0) is 4.79 Å². The van der Waals surface area contributed by atoms with Crippen molar-refractivity contribution in [1.82, 2.24) is 5.32 Å². The van der Waals surface area contributed by atoms with Crippen LogP contribution in [0.15, 0.2) is 11.9 Å². The molecule has 0 aromatic rings. The molecule has 0 bridgehead atoms. The number of aliphatic hydroxyl groups excluding tert-OH is 1. The lowest BCUT2D eigenvalue weighted by atomic mass is 10.2. The van der Waals surface area contributed by atoms with Crippen LogP contribution in [0.2, 0.25) is 0 Å². The van der Waals surface area contributed by atoms with E-state index in [1.54, 1.807) is 0 Å². The van der Waals surface area contributed by atoms with E-state index >= 15 is 0 Å². The van der Waals surface area contributed by atoms with Gasteiger partial charge in [0.1, 0.15) is 6.04 Å². The number of hydrogen-bond donors (Lipinski definition) is 3. The minimum atomic E-state index is -2.40. The molecule has 0 aromatic carbocycles. The summed E-state index contributed by atoms with van der Waals surface area (Å²) in [6, 6.07) is -1.15. The van der Waals surface area contributed by atoms with Gasteiger partial charge >= 0.3 is 6.08 Å². The molecule has 2 atom stereocenters. The molecule has 0 heterocycles. The van der Waals surface area contributed by atoms with Gasteiger partial charge in [0, 0.05) is 13.0 Å². The van der Waals surface area contributed by atoms with E-state index in [2.05, 4.69) is 5.32 Å². The zero-order chi connectivity index (χ0) is 12.0. The number of nitrogens with one attached hydrogen (secondary N) is 1. The summed E-state index contributed by atoms with van der Waals surface area (Å²) in [5.41, 5.74) is 5.22. The fourth-order valence-corrected chi connectivity index (χ4v) is 0.727. The van der Waals surface area contributed by atoms with Gasteiger partial charge in [-0.2, -0.15) is 8.78 Å². The van der Waals surface area contributed by atoms with Crippen LogP contribution in [-0.4, -0.2) is 29.7 Å². The van der Waals surface area contributed by atoms with Gasteiger partial charge in [0.15, 0.2) is 5.83 Å². The standard InChI is InChI=1S/C8H13F3N2O2/c1-4(14)6(12)8(15)13-3-2-5(9)7(10)11/h4,6,14H,2-3,12H2,1H3,(H,13,15)/t4?,6-/m0/s1. The average Bonchev–Trinajstić information content (AvgIpc) is 2.15. The normalized spacial score (nSPS) is 14.3. The van der Waals surface area contributed by atoms with Crippen LogP contribution in [0, 0.1) is 0 Å². The van der Waals surface area contributed by atoms with Gasteiger partial charge in [0.25, 0.3) is 0 Å². The van der Waals surface area contributed by atoms with E-state index in [-0.39, 0.29) is 6.54 Å². The minimum Gasteiger partial charge on any atom is -0.391 e. The van der Waals surface area contributed by atoms with Gasteiger partial charge in [-0.1, -0.05) is 0 Å². The zero-order valence-electron chi connectivity index (χ0n) is 8.14. The highest BCUT2D eigenvalue weighted by atomic mass is 19.3. The van der Waals surface area contributed by atoms with Crippen molar-refractivity contribution in [3.05, 3.63) is 11.9 Å². The summed E-state index contributed by atoms with van der Waals surface area (Å²) in [7, 11) is 0. The van der Waals surface area contributed by atoms with Gasteiger partial charge in [-0.3, -0.25) is 4.79 Å². The molecule has 0 rings (SSSR count). The fraction of sp³-hybridized carbons (Fsp3) is 0.625. The van der Waals surface area contributed by atoms with Crippen LogP contribution in [0.4, 0.5) is 13.2 Å². The average molecular weight is 226 g/mol. The molecular weight excluding hydrogens is 213 g/mol. The molecular formula is C8H13F3N2O2. The SMILES string of the molecule is CC(O)[C@H](N)C(=O)NCCC(F)=C(F)F. The molecule has 15 heavy (non-hydrogen) atoms. The predicted octanol–water partition coefficient (Wildman–Crippen LogP) is 0.278. The van der Waals surface area contributed by atoms with Crippen molar-refractivity contribution >= 4 is 5.91 Å². The number of nitrogens with two attached hydrogens (primary N) is 1. The van der Waals surface area contributed by atoms with Crippen molar-refractivity contribution < 1.29 is 23.1 Å². The number of amides is 1. The highest BCUT2D eigenvalue weighted by Crippen LogP contribution is 2.11. The molecule has 0 aliphatic heterocycles. The van der Waals surface area contributed by atoms with Gasteiger partial charge in [0.2, 0.25) is 5.91 Å². The topological polar surface area (TPSA) is 75.3 Å². The van der Waals surface area contributed by atoms with Crippen LogP contribution in [0.25, 0.3) is 0 Å². The summed E-state index contributed by atoms with van der Waals surface area (Å²) < 4.78 is 35.4. The van der Waals surface area contributed by atoms with Crippen molar-refractivity contribution in [2.75, 3.05) is 6.54 Å². The lowest BCUT2D eigenvalue weighted by Gasteiger charge is -2.13. The molecule has 4 nitrogen and oxygen atoms in total. The largest absolute Gasteiger partial charge is 0.391 e. The van der Waals surface area contributed by atoms with Crippen molar-refractivity contribution in [1.29, 1.82) is 0 Å². The Morgan fingerprint density at radius 1 is 1.47 bits per heavy atom. The third kappa shape index (κ3) is 5.38.